The van der Waals surface area contributed by atoms with Gasteiger partial charge in [0.15, 0.2) is 10.9 Å². The first-order valence-corrected chi connectivity index (χ1v) is 9.52. The zero-order chi connectivity index (χ0) is 18.7. The van der Waals surface area contributed by atoms with E-state index in [9.17, 15) is 14.4 Å². The molecule has 1 aliphatic rings. The second-order valence-corrected chi connectivity index (χ2v) is 7.45. The van der Waals surface area contributed by atoms with Gasteiger partial charge >= 0.3 is 0 Å². The largest absolute Gasteiger partial charge is 0.339 e. The SMILES string of the molecule is CC(=O)c1csc(NC(=O)C2CCN(C(=O)c3ccc(Cl)cc3)CC2)n1. The summed E-state index contributed by atoms with van der Waals surface area (Å²) in [5.74, 6) is -0.468. The van der Waals surface area contributed by atoms with Crippen LogP contribution in [0.4, 0.5) is 5.13 Å². The summed E-state index contributed by atoms with van der Waals surface area (Å²) in [5.41, 5.74) is 0.950. The van der Waals surface area contributed by atoms with Gasteiger partial charge in [-0.1, -0.05) is 11.6 Å². The number of carbonyl (C=O) groups excluding carboxylic acids is 3. The number of benzene rings is 1. The lowest BCUT2D eigenvalue weighted by atomic mass is 9.95. The highest BCUT2D eigenvalue weighted by molar-refractivity contribution is 7.14. The van der Waals surface area contributed by atoms with Crippen LogP contribution in [0.2, 0.25) is 5.02 Å². The number of likely N-dealkylation sites (tertiary alicyclic amines) is 1. The van der Waals surface area contributed by atoms with Crippen LogP contribution in [0.1, 0.15) is 40.6 Å². The van der Waals surface area contributed by atoms with Crippen molar-refractivity contribution in [2.45, 2.75) is 19.8 Å². The smallest absolute Gasteiger partial charge is 0.253 e. The van der Waals surface area contributed by atoms with Gasteiger partial charge in [-0.15, -0.1) is 11.3 Å². The molecule has 1 saturated heterocycles. The van der Waals surface area contributed by atoms with Crippen molar-refractivity contribution in [1.82, 2.24) is 9.88 Å². The predicted octanol–water partition coefficient (Wildman–Crippen LogP) is 3.49. The molecular formula is C18H18ClN3O3S. The molecule has 0 spiro atoms. The highest BCUT2D eigenvalue weighted by Gasteiger charge is 2.28. The Kier molecular flexibility index (Phi) is 5.68. The van der Waals surface area contributed by atoms with Crippen molar-refractivity contribution in [2.24, 2.45) is 5.92 Å². The fraction of sp³-hybridized carbons (Fsp3) is 0.333. The minimum absolute atomic E-state index is 0.0495. The van der Waals surface area contributed by atoms with Gasteiger partial charge in [-0.2, -0.15) is 0 Å². The molecule has 2 heterocycles. The second-order valence-electron chi connectivity index (χ2n) is 6.16. The van der Waals surface area contributed by atoms with Crippen molar-refractivity contribution in [1.29, 1.82) is 0 Å². The summed E-state index contributed by atoms with van der Waals surface area (Å²) < 4.78 is 0. The molecule has 0 atom stereocenters. The summed E-state index contributed by atoms with van der Waals surface area (Å²) in [6, 6.07) is 6.80. The predicted molar refractivity (Wildman–Crippen MR) is 101 cm³/mol. The molecule has 0 bridgehead atoms. The van der Waals surface area contributed by atoms with E-state index in [-0.39, 0.29) is 23.5 Å². The quantitative estimate of drug-likeness (QED) is 0.809. The summed E-state index contributed by atoms with van der Waals surface area (Å²) in [4.78, 5) is 42.0. The lowest BCUT2D eigenvalue weighted by molar-refractivity contribution is -0.121. The third-order valence-electron chi connectivity index (χ3n) is 4.34. The lowest BCUT2D eigenvalue weighted by Crippen LogP contribution is -2.41. The van der Waals surface area contributed by atoms with Crippen molar-refractivity contribution < 1.29 is 14.4 Å². The second kappa shape index (κ2) is 7.97. The first-order valence-electron chi connectivity index (χ1n) is 8.26. The van der Waals surface area contributed by atoms with Gasteiger partial charge in [0.25, 0.3) is 5.91 Å². The molecule has 1 fully saturated rings. The molecule has 26 heavy (non-hydrogen) atoms. The molecule has 1 aromatic heterocycles. The number of aromatic nitrogens is 1. The zero-order valence-electron chi connectivity index (χ0n) is 14.2. The van der Waals surface area contributed by atoms with Crippen LogP contribution in [-0.4, -0.2) is 40.6 Å². The Morgan fingerprint density at radius 1 is 1.19 bits per heavy atom. The molecule has 2 amide bonds. The van der Waals surface area contributed by atoms with E-state index in [1.54, 1.807) is 34.5 Å². The summed E-state index contributed by atoms with van der Waals surface area (Å²) >= 11 is 7.08. The standard InChI is InChI=1S/C18H18ClN3O3S/c1-11(23)15-10-26-18(20-15)21-16(24)12-6-8-22(9-7-12)17(25)13-2-4-14(19)5-3-13/h2-5,10,12H,6-9H2,1H3,(H,20,21,24). The van der Waals surface area contributed by atoms with Crippen LogP contribution >= 0.6 is 22.9 Å². The molecule has 6 nitrogen and oxygen atoms in total. The van der Waals surface area contributed by atoms with E-state index < -0.39 is 0 Å². The third-order valence-corrected chi connectivity index (χ3v) is 5.35. The molecule has 1 N–H and O–H groups in total. The van der Waals surface area contributed by atoms with Crippen LogP contribution in [0.15, 0.2) is 29.6 Å². The maximum atomic E-state index is 12.5. The van der Waals surface area contributed by atoms with Gasteiger partial charge in [0.1, 0.15) is 5.69 Å². The van der Waals surface area contributed by atoms with E-state index in [1.807, 2.05) is 0 Å². The van der Waals surface area contributed by atoms with E-state index in [0.717, 1.165) is 0 Å². The number of anilines is 1. The number of hydrogen-bond acceptors (Lipinski definition) is 5. The summed E-state index contributed by atoms with van der Waals surface area (Å²) in [6.07, 6.45) is 1.19. The van der Waals surface area contributed by atoms with Crippen LogP contribution in [0.3, 0.4) is 0 Å². The van der Waals surface area contributed by atoms with Gasteiger partial charge in [-0.05, 0) is 37.1 Å². The zero-order valence-corrected chi connectivity index (χ0v) is 15.8. The van der Waals surface area contributed by atoms with Gasteiger partial charge in [0, 0.05) is 41.9 Å². The normalized spacial score (nSPS) is 14.9. The number of piperidine rings is 1. The number of halogens is 1. The number of nitrogens with zero attached hydrogens (tertiary/aromatic N) is 2. The highest BCUT2D eigenvalue weighted by Crippen LogP contribution is 2.23. The van der Waals surface area contributed by atoms with Gasteiger partial charge in [0.2, 0.25) is 5.91 Å². The Morgan fingerprint density at radius 2 is 1.85 bits per heavy atom. The molecule has 0 aliphatic carbocycles. The molecule has 0 saturated carbocycles. The maximum absolute atomic E-state index is 12.5. The van der Waals surface area contributed by atoms with E-state index in [4.69, 9.17) is 11.6 Å². The number of nitrogens with one attached hydrogen (secondary N) is 1. The Hall–Kier alpha value is -2.25. The monoisotopic (exact) mass is 391 g/mol. The average Bonchev–Trinajstić information content (AvgIpc) is 3.11. The average molecular weight is 392 g/mol. The number of carbonyl (C=O) groups is 3. The van der Waals surface area contributed by atoms with Crippen molar-refractivity contribution in [3.05, 3.63) is 45.9 Å². The van der Waals surface area contributed by atoms with Crippen LogP contribution in [-0.2, 0) is 4.79 Å². The fourth-order valence-corrected chi connectivity index (χ4v) is 3.70. The Bertz CT molecular complexity index is 826. The maximum Gasteiger partial charge on any atom is 0.253 e. The van der Waals surface area contributed by atoms with E-state index in [1.165, 1.54) is 18.3 Å². The molecule has 3 rings (SSSR count). The van der Waals surface area contributed by atoms with Crippen LogP contribution in [0.25, 0.3) is 0 Å². The Balaban J connectivity index is 1.54. The van der Waals surface area contributed by atoms with E-state index in [2.05, 4.69) is 10.3 Å². The van der Waals surface area contributed by atoms with Gasteiger partial charge < -0.3 is 10.2 Å². The third kappa shape index (κ3) is 4.28. The minimum Gasteiger partial charge on any atom is -0.339 e. The molecule has 8 heteroatoms. The first kappa shape index (κ1) is 18.5. The Labute approximate surface area is 160 Å². The molecule has 1 aliphatic heterocycles. The van der Waals surface area contributed by atoms with Crippen molar-refractivity contribution in [2.75, 3.05) is 18.4 Å². The molecule has 0 radical (unpaired) electrons. The number of thiazole rings is 1. The molecule has 0 unspecified atom stereocenters. The number of hydrogen-bond donors (Lipinski definition) is 1. The fourth-order valence-electron chi connectivity index (χ4n) is 2.82. The minimum atomic E-state index is -0.172. The van der Waals surface area contributed by atoms with Crippen LogP contribution in [0, 0.1) is 5.92 Å². The summed E-state index contributed by atoms with van der Waals surface area (Å²) in [7, 11) is 0. The number of amides is 2. The van der Waals surface area contributed by atoms with Gasteiger partial charge in [0.05, 0.1) is 0 Å². The topological polar surface area (TPSA) is 79.4 Å². The van der Waals surface area contributed by atoms with E-state index >= 15 is 0 Å². The first-order chi connectivity index (χ1) is 12.4. The number of ketones is 1. The Morgan fingerprint density at radius 3 is 2.42 bits per heavy atom. The molecular weight excluding hydrogens is 374 g/mol. The van der Waals surface area contributed by atoms with Crippen molar-refractivity contribution in [3.63, 3.8) is 0 Å². The summed E-state index contributed by atoms with van der Waals surface area (Å²) in [6.45, 7) is 2.49. The van der Waals surface area contributed by atoms with Gasteiger partial charge in [-0.3, -0.25) is 14.4 Å². The van der Waals surface area contributed by atoms with E-state index in [0.29, 0.717) is 47.3 Å². The summed E-state index contributed by atoms with van der Waals surface area (Å²) in [5, 5.41) is 5.42. The molecule has 2 aromatic rings. The van der Waals surface area contributed by atoms with Crippen LogP contribution in [0.5, 0.6) is 0 Å². The molecule has 136 valence electrons. The highest BCUT2D eigenvalue weighted by atomic mass is 35.5. The number of rotatable bonds is 4. The van der Waals surface area contributed by atoms with Gasteiger partial charge in [-0.25, -0.2) is 4.98 Å². The van der Waals surface area contributed by atoms with Crippen LogP contribution < -0.4 is 5.32 Å². The van der Waals surface area contributed by atoms with Crippen molar-refractivity contribution >= 4 is 45.7 Å². The molecule has 1 aromatic carbocycles. The lowest BCUT2D eigenvalue weighted by Gasteiger charge is -2.31. The van der Waals surface area contributed by atoms with Crippen molar-refractivity contribution in [3.8, 4) is 0 Å². The number of Topliss-reactive ketones (excluding diaryl/α,β-unsaturated/α-hetero) is 1.